The van der Waals surface area contributed by atoms with Gasteiger partial charge in [-0.1, -0.05) is 13.0 Å². The van der Waals surface area contributed by atoms with Crippen molar-refractivity contribution in [3.8, 4) is 0 Å². The summed E-state index contributed by atoms with van der Waals surface area (Å²) >= 11 is 0. The van der Waals surface area contributed by atoms with Gasteiger partial charge in [0.25, 0.3) is 0 Å². The maximum absolute atomic E-state index is 12.1. The Morgan fingerprint density at radius 2 is 2.09 bits per heavy atom. The molecule has 4 heteroatoms. The first-order valence-electron chi connectivity index (χ1n) is 8.35. The Kier molecular flexibility index (Phi) is 6.27. The molecular weight excluding hydrogens is 296 g/mol. The van der Waals surface area contributed by atoms with Crippen LogP contribution in [0, 0.1) is 5.92 Å². The van der Waals surface area contributed by atoms with E-state index >= 15 is 0 Å². The highest BCUT2D eigenvalue weighted by molar-refractivity contribution is 5.91. The first-order chi connectivity index (χ1) is 10.2. The van der Waals surface area contributed by atoms with Gasteiger partial charge in [-0.15, -0.1) is 12.4 Å². The van der Waals surface area contributed by atoms with Crippen LogP contribution in [0.1, 0.15) is 43.7 Å². The largest absolute Gasteiger partial charge is 0.326 e. The number of piperidine rings is 1. The summed E-state index contributed by atoms with van der Waals surface area (Å²) in [7, 11) is 0. The molecule has 0 radical (unpaired) electrons. The molecule has 122 valence electrons. The molecule has 2 aliphatic rings. The number of likely N-dealkylation sites (tertiary alicyclic amines) is 1. The van der Waals surface area contributed by atoms with Gasteiger partial charge in [0.2, 0.25) is 5.91 Å². The second-order valence-corrected chi connectivity index (χ2v) is 6.68. The molecule has 0 aromatic heterocycles. The van der Waals surface area contributed by atoms with Crippen molar-refractivity contribution in [2.45, 2.75) is 45.4 Å². The van der Waals surface area contributed by atoms with Crippen LogP contribution in [0.4, 0.5) is 5.69 Å². The van der Waals surface area contributed by atoms with Crippen molar-refractivity contribution in [3.05, 3.63) is 29.3 Å². The van der Waals surface area contributed by atoms with E-state index in [1.54, 1.807) is 0 Å². The Morgan fingerprint density at radius 1 is 1.27 bits per heavy atom. The Hall–Kier alpha value is -1.06. The Morgan fingerprint density at radius 3 is 2.91 bits per heavy atom. The normalized spacial score (nSPS) is 21.0. The Bertz CT molecular complexity index is 518. The summed E-state index contributed by atoms with van der Waals surface area (Å²) in [6.07, 6.45) is 6.80. The van der Waals surface area contributed by atoms with E-state index < -0.39 is 0 Å². The fourth-order valence-electron chi connectivity index (χ4n) is 3.62. The van der Waals surface area contributed by atoms with Crippen molar-refractivity contribution in [1.29, 1.82) is 0 Å². The second kappa shape index (κ2) is 7.98. The smallest absolute Gasteiger partial charge is 0.225 e. The second-order valence-electron chi connectivity index (χ2n) is 6.68. The molecule has 3 nitrogen and oxygen atoms in total. The number of hydrogen-bond donors (Lipinski definition) is 1. The molecule has 1 aromatic carbocycles. The summed E-state index contributed by atoms with van der Waals surface area (Å²) in [6, 6.07) is 6.37. The van der Waals surface area contributed by atoms with Crippen LogP contribution in [-0.2, 0) is 17.6 Å². The van der Waals surface area contributed by atoms with E-state index in [-0.39, 0.29) is 18.3 Å². The Balaban J connectivity index is 0.00000176. The van der Waals surface area contributed by atoms with Crippen molar-refractivity contribution in [2.75, 3.05) is 25.0 Å². The number of hydrogen-bond acceptors (Lipinski definition) is 2. The average molecular weight is 323 g/mol. The molecule has 0 bridgehead atoms. The van der Waals surface area contributed by atoms with Crippen molar-refractivity contribution >= 4 is 24.0 Å². The number of benzene rings is 1. The van der Waals surface area contributed by atoms with Crippen LogP contribution in [-0.4, -0.2) is 30.4 Å². The Labute approximate surface area is 139 Å². The SMILES string of the molecule is CC1CCCN(CCC(=O)Nc2ccc3c(c2)CCC3)C1.Cl. The van der Waals surface area contributed by atoms with Gasteiger partial charge in [-0.2, -0.15) is 0 Å². The van der Waals surface area contributed by atoms with Crippen LogP contribution in [0.5, 0.6) is 0 Å². The van der Waals surface area contributed by atoms with Gasteiger partial charge >= 0.3 is 0 Å². The van der Waals surface area contributed by atoms with Gasteiger partial charge in [-0.3, -0.25) is 4.79 Å². The molecule has 0 saturated carbocycles. The van der Waals surface area contributed by atoms with E-state index in [0.717, 1.165) is 37.7 Å². The van der Waals surface area contributed by atoms with Crippen LogP contribution in [0.2, 0.25) is 0 Å². The van der Waals surface area contributed by atoms with Crippen LogP contribution in [0.25, 0.3) is 0 Å². The summed E-state index contributed by atoms with van der Waals surface area (Å²) in [5.74, 6) is 0.921. The third-order valence-electron chi connectivity index (χ3n) is 4.78. The number of fused-ring (bicyclic) bond motifs is 1. The van der Waals surface area contributed by atoms with E-state index in [1.807, 2.05) is 6.07 Å². The zero-order valence-corrected chi connectivity index (χ0v) is 14.3. The summed E-state index contributed by atoms with van der Waals surface area (Å²) in [6.45, 7) is 5.49. The number of rotatable bonds is 4. The highest BCUT2D eigenvalue weighted by Crippen LogP contribution is 2.25. The van der Waals surface area contributed by atoms with E-state index in [4.69, 9.17) is 0 Å². The third-order valence-corrected chi connectivity index (χ3v) is 4.78. The maximum Gasteiger partial charge on any atom is 0.225 e. The maximum atomic E-state index is 12.1. The molecule has 0 spiro atoms. The quantitative estimate of drug-likeness (QED) is 0.917. The number of aryl methyl sites for hydroxylation is 2. The summed E-state index contributed by atoms with van der Waals surface area (Å²) in [5, 5.41) is 3.06. The molecule has 1 N–H and O–H groups in total. The lowest BCUT2D eigenvalue weighted by atomic mass is 10.0. The standard InChI is InChI=1S/C18H26N2O.ClH/c1-14-4-3-10-20(13-14)11-9-18(21)19-17-8-7-15-5-2-6-16(15)12-17;/h7-8,12,14H,2-6,9-11,13H2,1H3,(H,19,21);1H. The highest BCUT2D eigenvalue weighted by Gasteiger charge is 2.17. The number of halogens is 1. The lowest BCUT2D eigenvalue weighted by Crippen LogP contribution is -2.36. The number of amides is 1. The van der Waals surface area contributed by atoms with Gasteiger partial charge in [0.05, 0.1) is 0 Å². The summed E-state index contributed by atoms with van der Waals surface area (Å²) in [4.78, 5) is 14.5. The summed E-state index contributed by atoms with van der Waals surface area (Å²) in [5.41, 5.74) is 3.83. The van der Waals surface area contributed by atoms with Crippen LogP contribution < -0.4 is 5.32 Å². The first kappa shape index (κ1) is 17.3. The zero-order chi connectivity index (χ0) is 14.7. The fraction of sp³-hybridized carbons (Fsp3) is 0.611. The predicted octanol–water partition coefficient (Wildman–Crippen LogP) is 3.66. The minimum absolute atomic E-state index is 0. The number of nitrogens with one attached hydrogen (secondary N) is 1. The molecule has 3 rings (SSSR count). The number of carbonyl (C=O) groups is 1. The molecule has 1 aliphatic heterocycles. The highest BCUT2D eigenvalue weighted by atomic mass is 35.5. The monoisotopic (exact) mass is 322 g/mol. The third kappa shape index (κ3) is 4.47. The van der Waals surface area contributed by atoms with Gasteiger partial charge in [0.15, 0.2) is 0 Å². The van der Waals surface area contributed by atoms with E-state index in [0.29, 0.717) is 6.42 Å². The van der Waals surface area contributed by atoms with Gasteiger partial charge in [-0.05, 0) is 67.8 Å². The van der Waals surface area contributed by atoms with E-state index in [9.17, 15) is 4.79 Å². The van der Waals surface area contributed by atoms with Crippen molar-refractivity contribution in [1.82, 2.24) is 4.90 Å². The van der Waals surface area contributed by atoms with Gasteiger partial charge < -0.3 is 10.2 Å². The molecule has 1 fully saturated rings. The number of nitrogens with zero attached hydrogens (tertiary/aromatic N) is 1. The van der Waals surface area contributed by atoms with Crippen molar-refractivity contribution in [2.24, 2.45) is 5.92 Å². The zero-order valence-electron chi connectivity index (χ0n) is 13.4. The summed E-state index contributed by atoms with van der Waals surface area (Å²) < 4.78 is 0. The lowest BCUT2D eigenvalue weighted by Gasteiger charge is -2.30. The van der Waals surface area contributed by atoms with Crippen LogP contribution in [0.3, 0.4) is 0 Å². The lowest BCUT2D eigenvalue weighted by molar-refractivity contribution is -0.116. The van der Waals surface area contributed by atoms with E-state index in [2.05, 4.69) is 29.3 Å². The van der Waals surface area contributed by atoms with Crippen molar-refractivity contribution < 1.29 is 4.79 Å². The predicted molar refractivity (Wildman–Crippen MR) is 93.8 cm³/mol. The topological polar surface area (TPSA) is 32.3 Å². The van der Waals surface area contributed by atoms with Crippen LogP contribution >= 0.6 is 12.4 Å². The van der Waals surface area contributed by atoms with Crippen molar-refractivity contribution in [3.63, 3.8) is 0 Å². The van der Waals surface area contributed by atoms with Gasteiger partial charge in [-0.25, -0.2) is 0 Å². The molecule has 1 unspecified atom stereocenters. The molecule has 22 heavy (non-hydrogen) atoms. The molecule has 1 aromatic rings. The number of anilines is 1. The average Bonchev–Trinajstić information content (AvgIpc) is 2.93. The molecule has 1 atom stereocenters. The first-order valence-corrected chi connectivity index (χ1v) is 8.35. The van der Waals surface area contributed by atoms with Gasteiger partial charge in [0, 0.05) is 25.2 Å². The minimum Gasteiger partial charge on any atom is -0.326 e. The number of carbonyl (C=O) groups excluding carboxylic acids is 1. The van der Waals surface area contributed by atoms with Gasteiger partial charge in [0.1, 0.15) is 0 Å². The molecule has 1 heterocycles. The molecule has 1 amide bonds. The minimum atomic E-state index is 0. The van der Waals surface area contributed by atoms with E-state index in [1.165, 1.54) is 36.8 Å². The van der Waals surface area contributed by atoms with Crippen LogP contribution in [0.15, 0.2) is 18.2 Å². The molecule has 1 saturated heterocycles. The molecule has 1 aliphatic carbocycles. The molecular formula is C18H27ClN2O. The fourth-order valence-corrected chi connectivity index (χ4v) is 3.62.